The quantitative estimate of drug-likeness (QED) is 0.663. The van der Waals surface area contributed by atoms with Crippen LogP contribution in [-0.4, -0.2) is 50.7 Å². The molecule has 0 atom stereocenters. The van der Waals surface area contributed by atoms with Gasteiger partial charge in [0.1, 0.15) is 17.1 Å². The highest BCUT2D eigenvalue weighted by Crippen LogP contribution is 2.11. The standard InChI is InChI=1S/C19H23N3O4/c1-25-13-12-21-19(24)17-5-3-4-16(22-17)18(23)20-11-10-14-6-8-15(26-2)9-7-14/h3-9H,10-13H2,1-2H3,(H,20,23)(H,21,24). The van der Waals surface area contributed by atoms with Gasteiger partial charge in [-0.3, -0.25) is 9.59 Å². The van der Waals surface area contributed by atoms with Crippen molar-refractivity contribution in [3.8, 4) is 5.75 Å². The number of methoxy groups -OCH3 is 2. The van der Waals surface area contributed by atoms with Gasteiger partial charge in [0.2, 0.25) is 0 Å². The lowest BCUT2D eigenvalue weighted by atomic mass is 10.1. The van der Waals surface area contributed by atoms with E-state index in [1.807, 2.05) is 24.3 Å². The SMILES string of the molecule is COCCNC(=O)c1cccc(C(=O)NCCc2ccc(OC)cc2)n1. The number of aromatic nitrogens is 1. The van der Waals surface area contributed by atoms with Crippen molar-refractivity contribution in [1.82, 2.24) is 15.6 Å². The van der Waals surface area contributed by atoms with Gasteiger partial charge in [-0.25, -0.2) is 4.98 Å². The second-order valence-electron chi connectivity index (χ2n) is 5.51. The molecule has 1 aromatic carbocycles. The van der Waals surface area contributed by atoms with Gasteiger partial charge >= 0.3 is 0 Å². The van der Waals surface area contributed by atoms with E-state index < -0.39 is 0 Å². The Bertz CT molecular complexity index is 732. The lowest BCUT2D eigenvalue weighted by Gasteiger charge is -2.07. The number of benzene rings is 1. The number of pyridine rings is 1. The van der Waals surface area contributed by atoms with Gasteiger partial charge in [-0.05, 0) is 36.2 Å². The van der Waals surface area contributed by atoms with E-state index in [-0.39, 0.29) is 23.2 Å². The molecule has 0 fully saturated rings. The van der Waals surface area contributed by atoms with Crippen molar-refractivity contribution in [3.63, 3.8) is 0 Å². The Morgan fingerprint density at radius 1 is 0.923 bits per heavy atom. The van der Waals surface area contributed by atoms with E-state index in [2.05, 4.69) is 15.6 Å². The van der Waals surface area contributed by atoms with Crippen LogP contribution in [0, 0.1) is 0 Å². The number of hydrogen-bond acceptors (Lipinski definition) is 5. The largest absolute Gasteiger partial charge is 0.497 e. The van der Waals surface area contributed by atoms with E-state index >= 15 is 0 Å². The topological polar surface area (TPSA) is 89.5 Å². The summed E-state index contributed by atoms with van der Waals surface area (Å²) in [5, 5.41) is 5.48. The fraction of sp³-hybridized carbons (Fsp3) is 0.316. The van der Waals surface area contributed by atoms with Crippen molar-refractivity contribution in [1.29, 1.82) is 0 Å². The Kier molecular flexibility index (Phi) is 7.57. The van der Waals surface area contributed by atoms with Gasteiger partial charge in [-0.1, -0.05) is 18.2 Å². The summed E-state index contributed by atoms with van der Waals surface area (Å²) in [4.78, 5) is 28.3. The van der Waals surface area contributed by atoms with Crippen LogP contribution in [0.15, 0.2) is 42.5 Å². The summed E-state index contributed by atoms with van der Waals surface area (Å²) < 4.78 is 9.99. The maximum Gasteiger partial charge on any atom is 0.269 e. The van der Waals surface area contributed by atoms with Gasteiger partial charge < -0.3 is 20.1 Å². The molecule has 2 amide bonds. The Balaban J connectivity index is 1.86. The monoisotopic (exact) mass is 357 g/mol. The number of carbonyl (C=O) groups is 2. The molecule has 1 heterocycles. The van der Waals surface area contributed by atoms with Gasteiger partial charge in [0.25, 0.3) is 11.8 Å². The zero-order valence-electron chi connectivity index (χ0n) is 15.0. The first-order valence-corrected chi connectivity index (χ1v) is 8.29. The van der Waals surface area contributed by atoms with Gasteiger partial charge in [0.15, 0.2) is 0 Å². The molecule has 0 aliphatic carbocycles. The fourth-order valence-electron chi connectivity index (χ4n) is 2.25. The van der Waals surface area contributed by atoms with Gasteiger partial charge in [0.05, 0.1) is 13.7 Å². The number of nitrogens with one attached hydrogen (secondary N) is 2. The Morgan fingerprint density at radius 3 is 2.12 bits per heavy atom. The van der Waals surface area contributed by atoms with Crippen LogP contribution in [0.25, 0.3) is 0 Å². The molecule has 0 saturated carbocycles. The summed E-state index contributed by atoms with van der Waals surface area (Å²) in [6.45, 7) is 1.27. The van der Waals surface area contributed by atoms with Crippen LogP contribution in [-0.2, 0) is 11.2 Å². The van der Waals surface area contributed by atoms with E-state index in [4.69, 9.17) is 9.47 Å². The number of ether oxygens (including phenoxy) is 2. The van der Waals surface area contributed by atoms with Gasteiger partial charge in [-0.2, -0.15) is 0 Å². The molecule has 7 nitrogen and oxygen atoms in total. The first kappa shape index (κ1) is 19.4. The number of rotatable bonds is 9. The van der Waals surface area contributed by atoms with E-state index in [1.165, 1.54) is 0 Å². The molecule has 0 aliphatic heterocycles. The Morgan fingerprint density at radius 2 is 1.54 bits per heavy atom. The third-order valence-electron chi connectivity index (χ3n) is 3.66. The fourth-order valence-corrected chi connectivity index (χ4v) is 2.25. The molecule has 2 aromatic rings. The van der Waals surface area contributed by atoms with Crippen molar-refractivity contribution in [3.05, 3.63) is 59.4 Å². The molecular formula is C19H23N3O4. The molecule has 0 spiro atoms. The average molecular weight is 357 g/mol. The minimum Gasteiger partial charge on any atom is -0.497 e. The van der Waals surface area contributed by atoms with Crippen LogP contribution in [0.5, 0.6) is 5.75 Å². The normalized spacial score (nSPS) is 10.2. The third-order valence-corrected chi connectivity index (χ3v) is 3.66. The zero-order valence-corrected chi connectivity index (χ0v) is 15.0. The highest BCUT2D eigenvalue weighted by atomic mass is 16.5. The zero-order chi connectivity index (χ0) is 18.8. The molecule has 1 aromatic heterocycles. The molecule has 0 unspecified atom stereocenters. The second kappa shape index (κ2) is 10.1. The van der Waals surface area contributed by atoms with Crippen LogP contribution in [0.2, 0.25) is 0 Å². The van der Waals surface area contributed by atoms with E-state index in [9.17, 15) is 9.59 Å². The number of nitrogens with zero attached hydrogens (tertiary/aromatic N) is 1. The number of amides is 2. The molecule has 2 rings (SSSR count). The maximum atomic E-state index is 12.2. The third kappa shape index (κ3) is 5.86. The second-order valence-corrected chi connectivity index (χ2v) is 5.51. The molecule has 7 heteroatoms. The molecule has 0 radical (unpaired) electrons. The number of hydrogen-bond donors (Lipinski definition) is 2. The van der Waals surface area contributed by atoms with Crippen molar-refractivity contribution >= 4 is 11.8 Å². The summed E-state index contributed by atoms with van der Waals surface area (Å²) in [5.41, 5.74) is 1.49. The summed E-state index contributed by atoms with van der Waals surface area (Å²) in [5.74, 6) is 0.141. The molecule has 0 saturated heterocycles. The van der Waals surface area contributed by atoms with Gasteiger partial charge in [-0.15, -0.1) is 0 Å². The predicted molar refractivity (Wildman–Crippen MR) is 97.5 cm³/mol. The van der Waals surface area contributed by atoms with Crippen LogP contribution in [0.3, 0.4) is 0 Å². The van der Waals surface area contributed by atoms with E-state index in [0.717, 1.165) is 11.3 Å². The average Bonchev–Trinajstić information content (AvgIpc) is 2.68. The van der Waals surface area contributed by atoms with Crippen molar-refractivity contribution in [2.45, 2.75) is 6.42 Å². The first-order valence-electron chi connectivity index (χ1n) is 8.29. The number of carbonyl (C=O) groups excluding carboxylic acids is 2. The minimum atomic E-state index is -0.338. The smallest absolute Gasteiger partial charge is 0.269 e. The molecular weight excluding hydrogens is 334 g/mol. The maximum absolute atomic E-state index is 12.2. The summed E-state index contributed by atoms with van der Waals surface area (Å²) in [6.07, 6.45) is 0.687. The molecule has 26 heavy (non-hydrogen) atoms. The summed E-state index contributed by atoms with van der Waals surface area (Å²) >= 11 is 0. The van der Waals surface area contributed by atoms with Gasteiger partial charge in [0, 0.05) is 20.2 Å². The minimum absolute atomic E-state index is 0.198. The first-order chi connectivity index (χ1) is 12.6. The molecule has 2 N–H and O–H groups in total. The molecule has 138 valence electrons. The Labute approximate surface area is 152 Å². The lowest BCUT2D eigenvalue weighted by molar-refractivity contribution is 0.0931. The summed E-state index contributed by atoms with van der Waals surface area (Å²) in [7, 11) is 3.18. The highest BCUT2D eigenvalue weighted by molar-refractivity contribution is 5.96. The van der Waals surface area contributed by atoms with E-state index in [1.54, 1.807) is 32.4 Å². The van der Waals surface area contributed by atoms with Crippen molar-refractivity contribution in [2.75, 3.05) is 33.9 Å². The van der Waals surface area contributed by atoms with Crippen molar-refractivity contribution < 1.29 is 19.1 Å². The van der Waals surface area contributed by atoms with Crippen molar-refractivity contribution in [2.24, 2.45) is 0 Å². The highest BCUT2D eigenvalue weighted by Gasteiger charge is 2.11. The predicted octanol–water partition coefficient (Wildman–Crippen LogP) is 1.44. The molecule has 0 aliphatic rings. The van der Waals surface area contributed by atoms with Crippen LogP contribution in [0.1, 0.15) is 26.5 Å². The molecule has 0 bridgehead atoms. The summed E-state index contributed by atoms with van der Waals surface area (Å²) in [6, 6.07) is 12.4. The lowest BCUT2D eigenvalue weighted by Crippen LogP contribution is -2.30. The van der Waals surface area contributed by atoms with Crippen LogP contribution >= 0.6 is 0 Å². The van der Waals surface area contributed by atoms with E-state index in [0.29, 0.717) is 26.1 Å². The van der Waals surface area contributed by atoms with Crippen LogP contribution < -0.4 is 15.4 Å². The Hall–Kier alpha value is -2.93. The van der Waals surface area contributed by atoms with Crippen LogP contribution in [0.4, 0.5) is 0 Å².